The van der Waals surface area contributed by atoms with E-state index in [1.54, 1.807) is 18.7 Å². The van der Waals surface area contributed by atoms with Crippen LogP contribution in [0.1, 0.15) is 53.0 Å². The van der Waals surface area contributed by atoms with E-state index in [1.807, 2.05) is 51.1 Å². The highest BCUT2D eigenvalue weighted by Gasteiger charge is 2.45. The van der Waals surface area contributed by atoms with Crippen LogP contribution in [0.3, 0.4) is 0 Å². The number of hydrogen-bond donors (Lipinski definition) is 1. The van der Waals surface area contributed by atoms with E-state index in [4.69, 9.17) is 4.74 Å². The summed E-state index contributed by atoms with van der Waals surface area (Å²) in [6, 6.07) is 8.22. The van der Waals surface area contributed by atoms with Crippen LogP contribution in [0.2, 0.25) is 0 Å². The van der Waals surface area contributed by atoms with Gasteiger partial charge in [-0.3, -0.25) is 4.79 Å². The molecule has 1 saturated heterocycles. The van der Waals surface area contributed by atoms with Gasteiger partial charge in [-0.2, -0.15) is 0 Å². The molecule has 1 atom stereocenters. The Labute approximate surface area is 172 Å². The summed E-state index contributed by atoms with van der Waals surface area (Å²) in [5.41, 5.74) is -0.703. The number of nitrogens with zero attached hydrogens (tertiary/aromatic N) is 1. The average Bonchev–Trinajstić information content (AvgIpc) is 2.64. The molecule has 0 aromatic heterocycles. The minimum atomic E-state index is -1.30. The molecule has 1 aliphatic heterocycles. The molecule has 0 spiro atoms. The predicted molar refractivity (Wildman–Crippen MR) is 107 cm³/mol. The number of ether oxygens (including phenoxy) is 1. The molecule has 0 aliphatic carbocycles. The Kier molecular flexibility index (Phi) is 6.93. The lowest BCUT2D eigenvalue weighted by Crippen LogP contribution is -2.58. The number of amides is 2. The van der Waals surface area contributed by atoms with Crippen LogP contribution in [0.15, 0.2) is 30.3 Å². The second-order valence-electron chi connectivity index (χ2n) is 8.93. The molecule has 1 aromatic rings. The van der Waals surface area contributed by atoms with Crippen LogP contribution < -0.4 is 10.4 Å². The number of rotatable bonds is 5. The Balaban J connectivity index is 2.25. The molecule has 29 heavy (non-hydrogen) atoms. The number of nitrogens with one attached hydrogen (secondary N) is 1. The summed E-state index contributed by atoms with van der Waals surface area (Å²) in [6.07, 6.45) is 0.342. The number of carbonyl (C=O) groups is 3. The van der Waals surface area contributed by atoms with Gasteiger partial charge < -0.3 is 24.9 Å². The third-order valence-corrected chi connectivity index (χ3v) is 5.24. The van der Waals surface area contributed by atoms with Crippen LogP contribution in [-0.2, 0) is 19.7 Å². The van der Waals surface area contributed by atoms with Crippen LogP contribution >= 0.6 is 0 Å². The molecular formula is C22H31N2O5-. The van der Waals surface area contributed by atoms with E-state index in [2.05, 4.69) is 5.32 Å². The highest BCUT2D eigenvalue weighted by atomic mass is 16.6. The van der Waals surface area contributed by atoms with Crippen molar-refractivity contribution in [1.82, 2.24) is 10.2 Å². The number of likely N-dealkylation sites (tertiary alicyclic amines) is 1. The van der Waals surface area contributed by atoms with Crippen molar-refractivity contribution < 1.29 is 24.2 Å². The number of piperidine rings is 1. The fourth-order valence-electron chi connectivity index (χ4n) is 3.58. The van der Waals surface area contributed by atoms with Gasteiger partial charge in [-0.05, 0) is 45.1 Å². The van der Waals surface area contributed by atoms with Gasteiger partial charge in [0, 0.05) is 13.1 Å². The molecule has 1 aliphatic rings. The third-order valence-electron chi connectivity index (χ3n) is 5.24. The largest absolute Gasteiger partial charge is 0.548 e. The number of carbonyl (C=O) groups excluding carboxylic acids is 3. The first-order valence-electron chi connectivity index (χ1n) is 10.0. The van der Waals surface area contributed by atoms with Gasteiger partial charge in [0.1, 0.15) is 5.60 Å². The summed E-state index contributed by atoms with van der Waals surface area (Å²) in [6.45, 7) is 9.56. The van der Waals surface area contributed by atoms with E-state index in [0.717, 1.165) is 5.56 Å². The summed E-state index contributed by atoms with van der Waals surface area (Å²) in [5.74, 6) is -1.96. The SMILES string of the molecule is CC(C)[C@H](NC(=O)C1(c2ccccc2)CCN(C(=O)OC(C)(C)C)CC1)C(=O)[O-]. The van der Waals surface area contributed by atoms with Gasteiger partial charge in [0.15, 0.2) is 0 Å². The van der Waals surface area contributed by atoms with Gasteiger partial charge in [-0.25, -0.2) is 4.79 Å². The molecule has 2 rings (SSSR count). The Morgan fingerprint density at radius 2 is 1.66 bits per heavy atom. The first kappa shape index (κ1) is 22.7. The van der Waals surface area contributed by atoms with Gasteiger partial charge in [-0.15, -0.1) is 0 Å². The standard InChI is InChI=1S/C22H32N2O5/c1-15(2)17(18(25)26)23-19(27)22(16-9-7-6-8-10-16)11-13-24(14-12-22)20(28)29-21(3,4)5/h6-10,15,17H,11-14H2,1-5H3,(H,23,27)(H,25,26)/p-1/t17-/m0/s1. The summed E-state index contributed by atoms with van der Waals surface area (Å²) < 4.78 is 5.44. The van der Waals surface area contributed by atoms with Crippen molar-refractivity contribution in [2.24, 2.45) is 5.92 Å². The van der Waals surface area contributed by atoms with Crippen molar-refractivity contribution in [2.75, 3.05) is 13.1 Å². The van der Waals surface area contributed by atoms with Crippen LogP contribution in [0.4, 0.5) is 4.79 Å². The molecule has 7 nitrogen and oxygen atoms in total. The molecule has 1 N–H and O–H groups in total. The lowest BCUT2D eigenvalue weighted by molar-refractivity contribution is -0.309. The van der Waals surface area contributed by atoms with E-state index >= 15 is 0 Å². The summed E-state index contributed by atoms with van der Waals surface area (Å²) in [7, 11) is 0. The maximum atomic E-state index is 13.3. The quantitative estimate of drug-likeness (QED) is 0.809. The highest BCUT2D eigenvalue weighted by Crippen LogP contribution is 2.36. The maximum absolute atomic E-state index is 13.3. The zero-order chi connectivity index (χ0) is 21.8. The molecule has 1 fully saturated rings. The summed E-state index contributed by atoms with van der Waals surface area (Å²) >= 11 is 0. The molecule has 0 saturated carbocycles. The first-order chi connectivity index (χ1) is 13.5. The van der Waals surface area contributed by atoms with Crippen molar-refractivity contribution >= 4 is 18.0 Å². The van der Waals surface area contributed by atoms with Crippen molar-refractivity contribution in [3.63, 3.8) is 0 Å². The lowest BCUT2D eigenvalue weighted by Gasteiger charge is -2.42. The van der Waals surface area contributed by atoms with E-state index in [-0.39, 0.29) is 11.8 Å². The number of hydrogen-bond acceptors (Lipinski definition) is 5. The fourth-order valence-corrected chi connectivity index (χ4v) is 3.58. The fraction of sp³-hybridized carbons (Fsp3) is 0.591. The summed E-state index contributed by atoms with van der Waals surface area (Å²) in [4.78, 5) is 38.8. The van der Waals surface area contributed by atoms with Crippen molar-refractivity contribution in [3.05, 3.63) is 35.9 Å². The van der Waals surface area contributed by atoms with Crippen molar-refractivity contribution in [2.45, 2.75) is 64.5 Å². The van der Waals surface area contributed by atoms with Crippen LogP contribution in [-0.4, -0.2) is 47.6 Å². The zero-order valence-electron chi connectivity index (χ0n) is 17.9. The molecule has 7 heteroatoms. The van der Waals surface area contributed by atoms with Crippen molar-refractivity contribution in [1.29, 1.82) is 0 Å². The van der Waals surface area contributed by atoms with Crippen LogP contribution in [0.25, 0.3) is 0 Å². The van der Waals surface area contributed by atoms with Crippen molar-refractivity contribution in [3.8, 4) is 0 Å². The Morgan fingerprint density at radius 1 is 1.10 bits per heavy atom. The molecule has 0 bridgehead atoms. The number of carboxylic acids is 1. The molecule has 2 amide bonds. The minimum absolute atomic E-state index is 0.307. The first-order valence-corrected chi connectivity index (χ1v) is 10.0. The van der Waals surface area contributed by atoms with E-state index in [9.17, 15) is 19.5 Å². The number of carboxylic acid groups (broad SMARTS) is 1. The van der Waals surface area contributed by atoms with Crippen LogP contribution in [0, 0.1) is 5.92 Å². The van der Waals surface area contributed by atoms with Gasteiger partial charge >= 0.3 is 6.09 Å². The number of aliphatic carboxylic acids is 1. The zero-order valence-corrected chi connectivity index (χ0v) is 17.9. The third kappa shape index (κ3) is 5.49. The second kappa shape index (κ2) is 8.84. The molecule has 1 heterocycles. The van der Waals surface area contributed by atoms with Crippen LogP contribution in [0.5, 0.6) is 0 Å². The predicted octanol–water partition coefficient (Wildman–Crippen LogP) is 1.85. The summed E-state index contributed by atoms with van der Waals surface area (Å²) in [5, 5.41) is 14.2. The van der Waals surface area contributed by atoms with E-state index in [0.29, 0.717) is 25.9 Å². The Morgan fingerprint density at radius 3 is 2.10 bits per heavy atom. The van der Waals surface area contributed by atoms with E-state index in [1.165, 1.54) is 0 Å². The molecule has 0 unspecified atom stereocenters. The average molecular weight is 403 g/mol. The van der Waals surface area contributed by atoms with Gasteiger partial charge in [0.2, 0.25) is 5.91 Å². The van der Waals surface area contributed by atoms with Gasteiger partial charge in [0.05, 0.1) is 17.4 Å². The lowest BCUT2D eigenvalue weighted by atomic mass is 9.71. The minimum Gasteiger partial charge on any atom is -0.548 e. The topological polar surface area (TPSA) is 98.8 Å². The van der Waals surface area contributed by atoms with Gasteiger partial charge in [0.25, 0.3) is 0 Å². The second-order valence-corrected chi connectivity index (χ2v) is 8.93. The normalized spacial score (nSPS) is 17.5. The van der Waals surface area contributed by atoms with E-state index < -0.39 is 29.1 Å². The highest BCUT2D eigenvalue weighted by molar-refractivity contribution is 5.91. The maximum Gasteiger partial charge on any atom is 0.410 e. The molecular weight excluding hydrogens is 372 g/mol. The molecule has 1 aromatic carbocycles. The van der Waals surface area contributed by atoms with Gasteiger partial charge in [-0.1, -0.05) is 44.2 Å². The molecule has 0 radical (unpaired) electrons. The molecule has 160 valence electrons. The smallest absolute Gasteiger partial charge is 0.410 e. The Hall–Kier alpha value is -2.57. The Bertz CT molecular complexity index is 731. The number of benzene rings is 1. The monoisotopic (exact) mass is 403 g/mol.